The van der Waals surface area contributed by atoms with E-state index >= 15 is 0 Å². The minimum Gasteiger partial charge on any atom is -0.368 e. The summed E-state index contributed by atoms with van der Waals surface area (Å²) in [6.07, 6.45) is 1.79. The van der Waals surface area contributed by atoms with Crippen molar-refractivity contribution in [3.63, 3.8) is 0 Å². The van der Waals surface area contributed by atoms with Crippen LogP contribution in [0.3, 0.4) is 0 Å². The van der Waals surface area contributed by atoms with Gasteiger partial charge in [0.1, 0.15) is 11.8 Å². The number of nitrogens with two attached hydrogens (primary N) is 1. The first kappa shape index (κ1) is 33.7. The molecule has 3 amide bonds. The van der Waals surface area contributed by atoms with Gasteiger partial charge in [-0.3, -0.25) is 18.9 Å². The van der Waals surface area contributed by atoms with Crippen molar-refractivity contribution in [1.82, 2.24) is 10.6 Å². The van der Waals surface area contributed by atoms with Gasteiger partial charge in [0.15, 0.2) is 0 Å². The normalized spacial score (nSPS) is 13.2. The van der Waals surface area contributed by atoms with Crippen LogP contribution in [0.4, 0.5) is 8.78 Å². The second kappa shape index (κ2) is 15.0. The Labute approximate surface area is 237 Å². The molecular formula is C28H36F2N3O7P. The molecule has 0 spiro atoms. The minimum atomic E-state index is -5.74. The van der Waals surface area contributed by atoms with Crippen LogP contribution in [-0.4, -0.2) is 45.9 Å². The van der Waals surface area contributed by atoms with Crippen LogP contribution in [-0.2, 0) is 37.5 Å². The zero-order valence-electron chi connectivity index (χ0n) is 22.9. The van der Waals surface area contributed by atoms with Crippen molar-refractivity contribution in [3.05, 3.63) is 70.8 Å². The summed E-state index contributed by atoms with van der Waals surface area (Å²) >= 11 is 0. The van der Waals surface area contributed by atoms with Gasteiger partial charge in [-0.15, -0.1) is 0 Å². The Balaban J connectivity index is 1.94. The average Bonchev–Trinajstić information content (AvgIpc) is 2.91. The van der Waals surface area contributed by atoms with E-state index in [4.69, 9.17) is 15.5 Å². The summed E-state index contributed by atoms with van der Waals surface area (Å²) in [6, 6.07) is 10.3. The maximum atomic E-state index is 13.9. The predicted molar refractivity (Wildman–Crippen MR) is 148 cm³/mol. The van der Waals surface area contributed by atoms with Crippen LogP contribution in [0.25, 0.3) is 0 Å². The molecule has 2 aromatic carbocycles. The standard InChI is InChI=1S/C28H36F2N3O7P/c1-3-19-7-11-21(12-8-19)26(36)32-15-5-4-6-24(25(31)35)33-27(37)22(16-18(2)34)17-20-9-13-23(14-10-20)28(29,30)41(38,39)40/h7-14,22,24H,3-6,15-17H2,1-2H3,(H2,31,35)(H,32,36)(H,33,37)(H2,38,39,40). The molecule has 0 aromatic heterocycles. The average molecular weight is 596 g/mol. The molecule has 0 bridgehead atoms. The fourth-order valence-corrected chi connectivity index (χ4v) is 4.63. The molecule has 0 fully saturated rings. The number of amides is 3. The third-order valence-corrected chi connectivity index (χ3v) is 7.53. The number of hydrogen-bond donors (Lipinski definition) is 5. The third-order valence-electron chi connectivity index (χ3n) is 6.54. The number of benzene rings is 2. The summed E-state index contributed by atoms with van der Waals surface area (Å²) in [7, 11) is -5.74. The summed E-state index contributed by atoms with van der Waals surface area (Å²) in [5.41, 5.74) is 2.23. The molecule has 2 atom stereocenters. The Hall–Kier alpha value is -3.47. The van der Waals surface area contributed by atoms with Crippen LogP contribution >= 0.6 is 7.60 Å². The maximum absolute atomic E-state index is 13.9. The Morgan fingerprint density at radius 1 is 0.976 bits per heavy atom. The topological polar surface area (TPSA) is 176 Å². The van der Waals surface area contributed by atoms with Crippen molar-refractivity contribution in [2.24, 2.45) is 11.7 Å². The predicted octanol–water partition coefficient (Wildman–Crippen LogP) is 3.18. The molecule has 13 heteroatoms. The monoisotopic (exact) mass is 595 g/mol. The molecule has 0 aliphatic rings. The first-order valence-corrected chi connectivity index (χ1v) is 14.8. The van der Waals surface area contributed by atoms with E-state index in [2.05, 4.69) is 10.6 Å². The van der Waals surface area contributed by atoms with E-state index in [0.29, 0.717) is 30.5 Å². The lowest BCUT2D eigenvalue weighted by Gasteiger charge is -2.21. The highest BCUT2D eigenvalue weighted by atomic mass is 31.2. The fraction of sp³-hybridized carbons (Fsp3) is 0.429. The van der Waals surface area contributed by atoms with Gasteiger partial charge in [0.2, 0.25) is 11.8 Å². The van der Waals surface area contributed by atoms with Gasteiger partial charge in [0.05, 0.1) is 0 Å². The molecule has 0 radical (unpaired) electrons. The van der Waals surface area contributed by atoms with Crippen LogP contribution in [0.2, 0.25) is 0 Å². The minimum absolute atomic E-state index is 0.0517. The Morgan fingerprint density at radius 2 is 1.56 bits per heavy atom. The van der Waals surface area contributed by atoms with Crippen molar-refractivity contribution in [1.29, 1.82) is 0 Å². The molecule has 0 heterocycles. The summed E-state index contributed by atoms with van der Waals surface area (Å²) in [4.78, 5) is 66.9. The van der Waals surface area contributed by atoms with Crippen molar-refractivity contribution in [3.8, 4) is 0 Å². The van der Waals surface area contributed by atoms with Gasteiger partial charge in [0, 0.05) is 30.0 Å². The Morgan fingerprint density at radius 3 is 2.07 bits per heavy atom. The first-order chi connectivity index (χ1) is 19.2. The first-order valence-electron chi connectivity index (χ1n) is 13.1. The Bertz CT molecular complexity index is 1260. The highest BCUT2D eigenvalue weighted by Crippen LogP contribution is 2.59. The largest absolute Gasteiger partial charge is 0.399 e. The van der Waals surface area contributed by atoms with Crippen LogP contribution in [0.15, 0.2) is 48.5 Å². The van der Waals surface area contributed by atoms with Gasteiger partial charge < -0.3 is 30.9 Å². The van der Waals surface area contributed by atoms with E-state index < -0.39 is 42.6 Å². The van der Waals surface area contributed by atoms with E-state index in [1.807, 2.05) is 19.1 Å². The molecule has 0 aliphatic heterocycles. The number of nitrogens with one attached hydrogen (secondary N) is 2. The molecule has 0 aliphatic carbocycles. The number of primary amides is 1. The molecule has 6 N–H and O–H groups in total. The van der Waals surface area contributed by atoms with Crippen molar-refractivity contribution < 1.29 is 42.3 Å². The van der Waals surface area contributed by atoms with Crippen LogP contribution in [0.1, 0.15) is 66.6 Å². The number of rotatable bonds is 16. The van der Waals surface area contributed by atoms with Crippen LogP contribution in [0, 0.1) is 5.92 Å². The molecule has 2 rings (SSSR count). The number of unbranched alkanes of at least 4 members (excludes halogenated alkanes) is 1. The van der Waals surface area contributed by atoms with Crippen LogP contribution < -0.4 is 16.4 Å². The highest BCUT2D eigenvalue weighted by Gasteiger charge is 2.50. The molecule has 41 heavy (non-hydrogen) atoms. The van der Waals surface area contributed by atoms with Gasteiger partial charge in [-0.1, -0.05) is 43.3 Å². The van der Waals surface area contributed by atoms with Gasteiger partial charge in [-0.25, -0.2) is 0 Å². The van der Waals surface area contributed by atoms with E-state index in [0.717, 1.165) is 24.1 Å². The lowest BCUT2D eigenvalue weighted by atomic mass is 9.92. The quantitative estimate of drug-likeness (QED) is 0.146. The number of ketones is 1. The van der Waals surface area contributed by atoms with Gasteiger partial charge in [-0.2, -0.15) is 8.78 Å². The van der Waals surface area contributed by atoms with E-state index in [-0.39, 0.29) is 31.0 Å². The number of halogens is 2. The van der Waals surface area contributed by atoms with E-state index in [1.165, 1.54) is 19.1 Å². The third kappa shape index (κ3) is 10.1. The summed E-state index contributed by atoms with van der Waals surface area (Å²) < 4.78 is 39.0. The lowest BCUT2D eigenvalue weighted by molar-refractivity contribution is -0.132. The molecule has 224 valence electrons. The van der Waals surface area contributed by atoms with Crippen LogP contribution in [0.5, 0.6) is 0 Å². The van der Waals surface area contributed by atoms with Crippen molar-refractivity contribution in [2.75, 3.05) is 6.54 Å². The fourth-order valence-electron chi connectivity index (χ4n) is 4.14. The number of carbonyl (C=O) groups is 4. The van der Waals surface area contributed by atoms with E-state index in [9.17, 15) is 32.5 Å². The lowest BCUT2D eigenvalue weighted by Crippen LogP contribution is -2.47. The smallest absolute Gasteiger partial charge is 0.368 e. The zero-order chi connectivity index (χ0) is 30.8. The number of hydrogen-bond acceptors (Lipinski definition) is 5. The van der Waals surface area contributed by atoms with E-state index in [1.54, 1.807) is 12.1 Å². The highest BCUT2D eigenvalue weighted by molar-refractivity contribution is 7.52. The second-order valence-electron chi connectivity index (χ2n) is 9.86. The SMILES string of the molecule is CCc1ccc(C(=O)NCCCCC(NC(=O)C(CC(C)=O)Cc2ccc(C(F)(F)P(=O)(O)O)cc2)C(N)=O)cc1. The summed E-state index contributed by atoms with van der Waals surface area (Å²) in [5, 5.41) is 5.36. The molecule has 2 aromatic rings. The zero-order valence-corrected chi connectivity index (χ0v) is 23.8. The van der Waals surface area contributed by atoms with Gasteiger partial charge in [-0.05, 0) is 62.3 Å². The number of aryl methyl sites for hydroxylation is 1. The molecule has 0 saturated carbocycles. The summed E-state index contributed by atoms with van der Waals surface area (Å²) in [6.45, 7) is 3.64. The molecule has 2 unspecified atom stereocenters. The molecule has 0 saturated heterocycles. The number of Topliss-reactive ketones (excluding diaryl/α,β-unsaturated/α-hetero) is 1. The summed E-state index contributed by atoms with van der Waals surface area (Å²) in [5.74, 6) is -2.88. The Kier molecular flexibility index (Phi) is 12.3. The number of alkyl halides is 2. The van der Waals surface area contributed by atoms with Crippen molar-refractivity contribution in [2.45, 2.75) is 64.1 Å². The maximum Gasteiger partial charge on any atom is 0.399 e. The van der Waals surface area contributed by atoms with Gasteiger partial charge in [0.25, 0.3) is 5.91 Å². The molecular weight excluding hydrogens is 559 g/mol. The number of carbonyl (C=O) groups excluding carboxylic acids is 4. The van der Waals surface area contributed by atoms with Gasteiger partial charge >= 0.3 is 13.3 Å². The molecule has 10 nitrogen and oxygen atoms in total. The van der Waals surface area contributed by atoms with Crippen molar-refractivity contribution >= 4 is 31.1 Å². The second-order valence-corrected chi connectivity index (χ2v) is 11.5.